The van der Waals surface area contributed by atoms with E-state index in [1.165, 1.54) is 30.0 Å². The molecule has 0 saturated carbocycles. The summed E-state index contributed by atoms with van der Waals surface area (Å²) in [5.41, 5.74) is -1.87. The van der Waals surface area contributed by atoms with Crippen molar-refractivity contribution in [2.75, 3.05) is 78.5 Å². The molecule has 16 nitrogen and oxygen atoms in total. The van der Waals surface area contributed by atoms with Gasteiger partial charge in [0.1, 0.15) is 16.8 Å². The second-order valence-corrected chi connectivity index (χ2v) is 20.7. The molecule has 4 atom stereocenters. The van der Waals surface area contributed by atoms with Gasteiger partial charge in [-0.1, -0.05) is 18.6 Å². The average Bonchev–Trinajstić information content (AvgIpc) is 3.93. The molecule has 17 heteroatoms. The van der Waals surface area contributed by atoms with Crippen molar-refractivity contribution in [1.82, 2.24) is 30.7 Å². The minimum Gasteiger partial charge on any atom is -0.444 e. The topological polar surface area (TPSA) is 202 Å². The Hall–Kier alpha value is -2.73. The van der Waals surface area contributed by atoms with Gasteiger partial charge < -0.3 is 60.2 Å². The van der Waals surface area contributed by atoms with Crippen molar-refractivity contribution in [1.29, 1.82) is 0 Å². The molecule has 4 unspecified atom stereocenters. The van der Waals surface area contributed by atoms with Crippen LogP contribution in [-0.2, 0) is 19.0 Å². The first kappa shape index (κ1) is 58.3. The van der Waals surface area contributed by atoms with E-state index in [1.54, 1.807) is 23.6 Å². The predicted octanol–water partition coefficient (Wildman–Crippen LogP) is 5.26. The fourth-order valence-electron chi connectivity index (χ4n) is 6.16. The van der Waals surface area contributed by atoms with Gasteiger partial charge in [-0.05, 0) is 141 Å². The van der Waals surface area contributed by atoms with Gasteiger partial charge in [-0.25, -0.2) is 14.4 Å². The van der Waals surface area contributed by atoms with Crippen molar-refractivity contribution in [2.45, 2.75) is 163 Å². The van der Waals surface area contributed by atoms with E-state index in [0.717, 1.165) is 38.5 Å². The average molecular weight is 894 g/mol. The second kappa shape index (κ2) is 25.5. The first-order chi connectivity index (χ1) is 27.3. The van der Waals surface area contributed by atoms with E-state index in [1.807, 2.05) is 69.2 Å². The number of halogens is 1. The van der Waals surface area contributed by atoms with Gasteiger partial charge in [-0.2, -0.15) is 0 Å². The second-order valence-electron chi connectivity index (χ2n) is 20.7. The van der Waals surface area contributed by atoms with Crippen LogP contribution in [-0.4, -0.2) is 166 Å². The van der Waals surface area contributed by atoms with Crippen LogP contribution in [0.5, 0.6) is 0 Å². The summed E-state index contributed by atoms with van der Waals surface area (Å²) in [5.74, 6) is 1.04. The largest absolute Gasteiger partial charge is 0.444 e. The standard InChI is InChI=1S/2C10H19NO3.C9H15NO3.C5H11NO.C5H11N.C5H9N.ClH/c2*1-9(2,3)14-8(12)11-6-5-10(4,13)7-11;1-9(2,3)13-8(12)10-5-4-7(11)6-10;1-5(7)2-3-6-4-5;2*1-5-2-3-6-4-5;/h2*13H,5-7H2,1-4H3;4-6H2,1-3H3;6-7H,2-4H2,1H3;5-6H,2-4H2,1H3;2,6H,3-4H2,1H3;1H. The van der Waals surface area contributed by atoms with Gasteiger partial charge in [-0.3, -0.25) is 4.79 Å². The quantitative estimate of drug-likeness (QED) is 0.136. The van der Waals surface area contributed by atoms with Gasteiger partial charge in [0.2, 0.25) is 0 Å². The summed E-state index contributed by atoms with van der Waals surface area (Å²) >= 11 is 0. The number of ketones is 1. The lowest BCUT2D eigenvalue weighted by atomic mass is 10.1. The number of hydrogen-bond donors (Lipinski definition) is 6. The minimum absolute atomic E-state index is 0. The van der Waals surface area contributed by atoms with Crippen molar-refractivity contribution in [3.05, 3.63) is 11.6 Å². The maximum Gasteiger partial charge on any atom is 0.410 e. The number of aliphatic hydroxyl groups is 3. The van der Waals surface area contributed by atoms with Crippen LogP contribution in [0.2, 0.25) is 0 Å². The molecule has 5 saturated heterocycles. The lowest BCUT2D eigenvalue weighted by Crippen LogP contribution is -2.37. The molecule has 358 valence electrons. The number of nitrogens with one attached hydrogen (secondary N) is 3. The fraction of sp³-hybridized carbons (Fsp3) is 0.864. The third-order valence-corrected chi connectivity index (χ3v) is 9.54. The lowest BCUT2D eigenvalue weighted by molar-refractivity contribution is -0.117. The van der Waals surface area contributed by atoms with E-state index in [-0.39, 0.29) is 36.9 Å². The van der Waals surface area contributed by atoms with Crippen LogP contribution in [0.4, 0.5) is 14.4 Å². The van der Waals surface area contributed by atoms with Gasteiger partial charge in [0.05, 0.1) is 36.4 Å². The minimum atomic E-state index is -0.753. The normalized spacial score (nSPS) is 26.9. The highest BCUT2D eigenvalue weighted by molar-refractivity contribution is 5.87. The number of amides is 3. The van der Waals surface area contributed by atoms with Crippen LogP contribution in [0.25, 0.3) is 0 Å². The Balaban J connectivity index is 0.000000729. The molecule has 0 aromatic heterocycles. The molecule has 6 rings (SSSR count). The molecular weight excluding hydrogens is 808 g/mol. The van der Waals surface area contributed by atoms with Crippen molar-refractivity contribution >= 4 is 36.5 Å². The highest BCUT2D eigenvalue weighted by Gasteiger charge is 2.37. The fourth-order valence-corrected chi connectivity index (χ4v) is 6.16. The number of hydrogen-bond acceptors (Lipinski definition) is 13. The molecule has 0 bridgehead atoms. The molecule has 0 aromatic rings. The van der Waals surface area contributed by atoms with E-state index in [2.05, 4.69) is 35.9 Å². The monoisotopic (exact) mass is 893 g/mol. The van der Waals surface area contributed by atoms with Crippen LogP contribution in [0.1, 0.15) is 129 Å². The zero-order valence-electron chi connectivity index (χ0n) is 40.1. The van der Waals surface area contributed by atoms with Crippen LogP contribution >= 0.6 is 12.4 Å². The number of Topliss-reactive ketones (excluding diaryl/α,β-unsaturated/α-hetero) is 1. The summed E-state index contributed by atoms with van der Waals surface area (Å²) < 4.78 is 15.5. The molecule has 61 heavy (non-hydrogen) atoms. The van der Waals surface area contributed by atoms with E-state index in [4.69, 9.17) is 19.3 Å². The molecule has 0 radical (unpaired) electrons. The number of carbonyl (C=O) groups excluding carboxylic acids is 4. The SMILES string of the molecule is CC(C)(C)OC(=O)N1CCC(=O)C1.CC1(O)CCN(C(=O)OC(C)(C)C)C1.CC1(O)CCN(C(=O)OC(C)(C)C)C1.CC1(O)CCNC1.CC1=CCNC1.CC1CCNC1.Cl. The lowest BCUT2D eigenvalue weighted by Gasteiger charge is -2.25. The number of ether oxygens (including phenoxy) is 3. The predicted molar refractivity (Wildman–Crippen MR) is 242 cm³/mol. The molecule has 0 aromatic carbocycles. The molecule has 0 spiro atoms. The zero-order chi connectivity index (χ0) is 46.2. The number of likely N-dealkylation sites (tertiary alicyclic amines) is 3. The molecule has 5 fully saturated rings. The van der Waals surface area contributed by atoms with Crippen molar-refractivity contribution in [2.24, 2.45) is 5.92 Å². The Labute approximate surface area is 373 Å². The third kappa shape index (κ3) is 28.6. The molecular formula is C44H85ClN6O10. The van der Waals surface area contributed by atoms with Gasteiger partial charge in [0.25, 0.3) is 0 Å². The summed E-state index contributed by atoms with van der Waals surface area (Å²) in [7, 11) is 0. The molecule has 6 heterocycles. The molecule has 6 aliphatic heterocycles. The Morgan fingerprint density at radius 1 is 0.689 bits per heavy atom. The van der Waals surface area contributed by atoms with E-state index in [0.29, 0.717) is 52.0 Å². The number of rotatable bonds is 0. The summed E-state index contributed by atoms with van der Waals surface area (Å²) in [5, 5.41) is 38.0. The van der Waals surface area contributed by atoms with Gasteiger partial charge in [-0.15, -0.1) is 12.4 Å². The zero-order valence-corrected chi connectivity index (χ0v) is 40.9. The van der Waals surface area contributed by atoms with E-state index < -0.39 is 39.7 Å². The summed E-state index contributed by atoms with van der Waals surface area (Å²) in [6, 6.07) is 0. The number of nitrogens with zero attached hydrogens (tertiary/aromatic N) is 3. The molecule has 6 aliphatic rings. The summed E-state index contributed by atoms with van der Waals surface area (Å²) in [4.78, 5) is 49.8. The van der Waals surface area contributed by atoms with Crippen molar-refractivity contribution in [3.8, 4) is 0 Å². The number of carbonyl (C=O) groups is 4. The van der Waals surface area contributed by atoms with E-state index >= 15 is 0 Å². The smallest absolute Gasteiger partial charge is 0.410 e. The molecule has 3 amide bonds. The Kier molecular flexibility index (Phi) is 24.4. The van der Waals surface area contributed by atoms with Crippen molar-refractivity contribution in [3.63, 3.8) is 0 Å². The Bertz CT molecular complexity index is 1320. The number of β-amino-alcohol motifs (C(OH)–C–C–N with tert-alkyl or cyclic N) is 3. The highest BCUT2D eigenvalue weighted by atomic mass is 35.5. The van der Waals surface area contributed by atoms with Gasteiger partial charge in [0.15, 0.2) is 5.78 Å². The maximum absolute atomic E-state index is 11.5. The van der Waals surface area contributed by atoms with Crippen LogP contribution in [0.3, 0.4) is 0 Å². The van der Waals surface area contributed by atoms with Crippen LogP contribution in [0, 0.1) is 5.92 Å². The van der Waals surface area contributed by atoms with Crippen molar-refractivity contribution < 1.29 is 48.7 Å². The molecule has 6 N–H and O–H groups in total. The van der Waals surface area contributed by atoms with Crippen LogP contribution in [0.15, 0.2) is 11.6 Å². The third-order valence-electron chi connectivity index (χ3n) is 9.54. The first-order valence-corrected chi connectivity index (χ1v) is 21.7. The maximum atomic E-state index is 11.5. The van der Waals surface area contributed by atoms with Crippen LogP contribution < -0.4 is 16.0 Å². The van der Waals surface area contributed by atoms with E-state index in [9.17, 15) is 29.4 Å². The summed E-state index contributed by atoms with van der Waals surface area (Å²) in [6.07, 6.45) is 5.11. The van der Waals surface area contributed by atoms with Gasteiger partial charge >= 0.3 is 18.3 Å². The Morgan fingerprint density at radius 3 is 1.34 bits per heavy atom. The first-order valence-electron chi connectivity index (χ1n) is 21.7. The molecule has 0 aliphatic carbocycles. The highest BCUT2D eigenvalue weighted by Crippen LogP contribution is 2.23. The Morgan fingerprint density at radius 2 is 1.15 bits per heavy atom. The summed E-state index contributed by atoms with van der Waals surface area (Å²) in [6.45, 7) is 35.1. The van der Waals surface area contributed by atoms with Gasteiger partial charge in [0, 0.05) is 45.7 Å².